The van der Waals surface area contributed by atoms with E-state index in [1.165, 1.54) is 0 Å². The number of aryl methyl sites for hydroxylation is 1. The predicted octanol–water partition coefficient (Wildman–Crippen LogP) is 2.49. The van der Waals surface area contributed by atoms with Crippen LogP contribution >= 0.6 is 0 Å². The maximum absolute atomic E-state index is 11.0. The van der Waals surface area contributed by atoms with Crippen LogP contribution in [0.1, 0.15) is 16.8 Å². The number of methoxy groups -OCH3 is 1. The average Bonchev–Trinajstić information content (AvgIpc) is 2.73. The minimum atomic E-state index is 0.739. The van der Waals surface area contributed by atoms with Crippen LogP contribution in [0.3, 0.4) is 0 Å². The molecule has 0 amide bonds. The molecule has 2 rings (SSSR count). The number of ether oxygens (including phenoxy) is 1. The summed E-state index contributed by atoms with van der Waals surface area (Å²) in [5.74, 6) is 0. The quantitative estimate of drug-likeness (QED) is 0.569. The molecule has 1 heterocycles. The molecule has 1 aromatic carbocycles. The highest BCUT2D eigenvalue weighted by Crippen LogP contribution is 2.19. The van der Waals surface area contributed by atoms with Gasteiger partial charge in [0.25, 0.3) is 0 Å². The highest BCUT2D eigenvalue weighted by molar-refractivity contribution is 5.96. The summed E-state index contributed by atoms with van der Waals surface area (Å²) in [6.45, 7) is 1.62. The summed E-state index contributed by atoms with van der Waals surface area (Å²) in [6.07, 6.45) is 3.88. The molecule has 84 valence electrons. The Bertz CT molecular complexity index is 488. The van der Waals surface area contributed by atoms with Crippen molar-refractivity contribution in [3.05, 3.63) is 36.0 Å². The highest BCUT2D eigenvalue weighted by Gasteiger charge is 2.05. The molecule has 0 bridgehead atoms. The molecule has 3 heteroatoms. The minimum Gasteiger partial charge on any atom is -0.385 e. The van der Waals surface area contributed by atoms with Gasteiger partial charge < -0.3 is 9.30 Å². The zero-order valence-corrected chi connectivity index (χ0v) is 9.35. The molecule has 0 atom stereocenters. The molecule has 16 heavy (non-hydrogen) atoms. The largest absolute Gasteiger partial charge is 0.385 e. The lowest BCUT2D eigenvalue weighted by molar-refractivity contribution is 0.112. The predicted molar refractivity (Wildman–Crippen MR) is 63.8 cm³/mol. The van der Waals surface area contributed by atoms with Crippen molar-refractivity contribution in [2.45, 2.75) is 13.0 Å². The van der Waals surface area contributed by atoms with Crippen molar-refractivity contribution in [2.24, 2.45) is 0 Å². The molecule has 3 nitrogen and oxygen atoms in total. The average molecular weight is 217 g/mol. The van der Waals surface area contributed by atoms with Gasteiger partial charge in [0.15, 0.2) is 6.29 Å². The number of carbonyl (C=O) groups excluding carboxylic acids is 1. The molecule has 0 aliphatic carbocycles. The number of hydrogen-bond acceptors (Lipinski definition) is 2. The standard InChI is InChI=1S/C13H15NO2/c1-16-9-3-7-14-8-6-11-4-2-5-12(10-15)13(11)14/h2,4-6,8,10H,3,7,9H2,1H3. The zero-order valence-electron chi connectivity index (χ0n) is 9.35. The normalized spacial score (nSPS) is 10.8. The van der Waals surface area contributed by atoms with Gasteiger partial charge in [0.05, 0.1) is 5.52 Å². The fourth-order valence-electron chi connectivity index (χ4n) is 1.95. The maximum atomic E-state index is 11.0. The molecule has 0 N–H and O–H groups in total. The van der Waals surface area contributed by atoms with E-state index in [2.05, 4.69) is 4.57 Å². The van der Waals surface area contributed by atoms with E-state index in [1.807, 2.05) is 30.5 Å². The lowest BCUT2D eigenvalue weighted by atomic mass is 10.1. The smallest absolute Gasteiger partial charge is 0.152 e. The summed E-state index contributed by atoms with van der Waals surface area (Å²) in [7, 11) is 1.70. The van der Waals surface area contributed by atoms with Gasteiger partial charge in [-0.1, -0.05) is 12.1 Å². The summed E-state index contributed by atoms with van der Waals surface area (Å²) in [5, 5.41) is 1.11. The molecule has 1 aromatic heterocycles. The van der Waals surface area contributed by atoms with E-state index in [0.29, 0.717) is 0 Å². The number of nitrogens with zero attached hydrogens (tertiary/aromatic N) is 1. The molecule has 0 aliphatic rings. The van der Waals surface area contributed by atoms with Crippen LogP contribution < -0.4 is 0 Å². The van der Waals surface area contributed by atoms with Gasteiger partial charge in [-0.05, 0) is 18.6 Å². The summed E-state index contributed by atoms with van der Waals surface area (Å²) < 4.78 is 7.14. The molecule has 0 saturated heterocycles. The van der Waals surface area contributed by atoms with Gasteiger partial charge in [-0.15, -0.1) is 0 Å². The van der Waals surface area contributed by atoms with E-state index >= 15 is 0 Å². The molecular formula is C13H15NO2. The van der Waals surface area contributed by atoms with Crippen LogP contribution in [0.2, 0.25) is 0 Å². The summed E-state index contributed by atoms with van der Waals surface area (Å²) in [5.41, 5.74) is 1.77. The first-order valence-corrected chi connectivity index (χ1v) is 5.39. The third-order valence-electron chi connectivity index (χ3n) is 2.69. The minimum absolute atomic E-state index is 0.739. The lowest BCUT2D eigenvalue weighted by Crippen LogP contribution is -2.01. The van der Waals surface area contributed by atoms with Crippen LogP contribution in [0.25, 0.3) is 10.9 Å². The van der Waals surface area contributed by atoms with Crippen molar-refractivity contribution < 1.29 is 9.53 Å². The van der Waals surface area contributed by atoms with Crippen molar-refractivity contribution >= 4 is 17.2 Å². The van der Waals surface area contributed by atoms with E-state index in [9.17, 15) is 4.79 Å². The molecular weight excluding hydrogens is 202 g/mol. The van der Waals surface area contributed by atoms with Gasteiger partial charge in [-0.2, -0.15) is 0 Å². The van der Waals surface area contributed by atoms with Gasteiger partial charge in [0, 0.05) is 37.4 Å². The number of aldehydes is 1. The maximum Gasteiger partial charge on any atom is 0.152 e. The number of aromatic nitrogens is 1. The highest BCUT2D eigenvalue weighted by atomic mass is 16.5. The van der Waals surface area contributed by atoms with Gasteiger partial charge in [-0.3, -0.25) is 4.79 Å². The fraction of sp³-hybridized carbons (Fsp3) is 0.308. The van der Waals surface area contributed by atoms with Crippen LogP contribution in [0.5, 0.6) is 0 Å². The molecule has 0 saturated carbocycles. The first-order chi connectivity index (χ1) is 7.86. The Morgan fingerprint density at radius 1 is 1.38 bits per heavy atom. The first kappa shape index (κ1) is 10.9. The molecule has 0 aliphatic heterocycles. The zero-order chi connectivity index (χ0) is 11.4. The molecule has 0 spiro atoms. The van der Waals surface area contributed by atoms with Crippen molar-refractivity contribution in [1.82, 2.24) is 4.57 Å². The van der Waals surface area contributed by atoms with E-state index in [1.54, 1.807) is 7.11 Å². The number of hydrogen-bond donors (Lipinski definition) is 0. The summed E-state index contributed by atoms with van der Waals surface area (Å²) in [4.78, 5) is 11.0. The molecule has 0 radical (unpaired) electrons. The lowest BCUT2D eigenvalue weighted by Gasteiger charge is -2.06. The van der Waals surface area contributed by atoms with Gasteiger partial charge in [0.2, 0.25) is 0 Å². The van der Waals surface area contributed by atoms with Crippen LogP contribution in [0.4, 0.5) is 0 Å². The van der Waals surface area contributed by atoms with Crippen LogP contribution in [-0.4, -0.2) is 24.6 Å². The van der Waals surface area contributed by atoms with Crippen LogP contribution in [0, 0.1) is 0 Å². The van der Waals surface area contributed by atoms with Gasteiger partial charge in [-0.25, -0.2) is 0 Å². The monoisotopic (exact) mass is 217 g/mol. The fourth-order valence-corrected chi connectivity index (χ4v) is 1.95. The Hall–Kier alpha value is -1.61. The van der Waals surface area contributed by atoms with Crippen molar-refractivity contribution in [3.8, 4) is 0 Å². The topological polar surface area (TPSA) is 31.2 Å². The van der Waals surface area contributed by atoms with Gasteiger partial charge >= 0.3 is 0 Å². The van der Waals surface area contributed by atoms with E-state index in [0.717, 1.165) is 42.3 Å². The summed E-state index contributed by atoms with van der Waals surface area (Å²) >= 11 is 0. The van der Waals surface area contributed by atoms with Crippen molar-refractivity contribution in [2.75, 3.05) is 13.7 Å². The van der Waals surface area contributed by atoms with E-state index < -0.39 is 0 Å². The number of fused-ring (bicyclic) bond motifs is 1. The second kappa shape index (κ2) is 4.94. The number of benzene rings is 1. The number of para-hydroxylation sites is 1. The molecule has 0 fully saturated rings. The van der Waals surface area contributed by atoms with Crippen LogP contribution in [-0.2, 0) is 11.3 Å². The Kier molecular flexibility index (Phi) is 3.37. The Balaban J connectivity index is 2.34. The number of rotatable bonds is 5. The molecule has 0 unspecified atom stereocenters. The number of carbonyl (C=O) groups is 1. The summed E-state index contributed by atoms with van der Waals surface area (Å²) in [6, 6.07) is 7.82. The van der Waals surface area contributed by atoms with Crippen molar-refractivity contribution in [1.29, 1.82) is 0 Å². The molecule has 2 aromatic rings. The Morgan fingerprint density at radius 2 is 2.25 bits per heavy atom. The SMILES string of the molecule is COCCCn1ccc2cccc(C=O)c21. The van der Waals surface area contributed by atoms with Crippen LogP contribution in [0.15, 0.2) is 30.5 Å². The third-order valence-corrected chi connectivity index (χ3v) is 2.69. The van der Waals surface area contributed by atoms with Gasteiger partial charge in [0.1, 0.15) is 0 Å². The van der Waals surface area contributed by atoms with E-state index in [4.69, 9.17) is 4.74 Å². The third kappa shape index (κ3) is 1.99. The Morgan fingerprint density at radius 3 is 3.00 bits per heavy atom. The van der Waals surface area contributed by atoms with E-state index in [-0.39, 0.29) is 0 Å². The second-order valence-corrected chi connectivity index (χ2v) is 3.76. The van der Waals surface area contributed by atoms with Crippen molar-refractivity contribution in [3.63, 3.8) is 0 Å². The Labute approximate surface area is 94.6 Å². The first-order valence-electron chi connectivity index (χ1n) is 5.39. The second-order valence-electron chi connectivity index (χ2n) is 3.76.